The Bertz CT molecular complexity index is 358. The van der Waals surface area contributed by atoms with Gasteiger partial charge in [0, 0.05) is 0 Å². The minimum Gasteiger partial charge on any atom is -0.279 e. The summed E-state index contributed by atoms with van der Waals surface area (Å²) in [6.45, 7) is 5.38. The van der Waals surface area contributed by atoms with Crippen LogP contribution in [-0.4, -0.2) is 12.3 Å². The Balaban J connectivity index is 2.18. The molecule has 2 rings (SSSR count). The first-order valence-corrected chi connectivity index (χ1v) is 5.93. The molecule has 74 valence electrons. The Morgan fingerprint density at radius 3 is 3.00 bits per heavy atom. The number of aliphatic imine (C=N–C) groups is 1. The van der Waals surface area contributed by atoms with Crippen LogP contribution < -0.4 is 0 Å². The van der Waals surface area contributed by atoms with E-state index in [0.717, 1.165) is 13.0 Å². The van der Waals surface area contributed by atoms with Crippen LogP contribution in [0.15, 0.2) is 34.2 Å². The molecule has 0 atom stereocenters. The molecule has 0 N–H and O–H groups in total. The van der Waals surface area contributed by atoms with E-state index in [2.05, 4.69) is 42.4 Å². The van der Waals surface area contributed by atoms with Gasteiger partial charge in [-0.1, -0.05) is 26.0 Å². The summed E-state index contributed by atoms with van der Waals surface area (Å²) in [5.41, 5.74) is 2.66. The molecule has 0 unspecified atom stereocenters. The maximum Gasteiger partial charge on any atom is 0.0779 e. The third kappa shape index (κ3) is 1.95. The Morgan fingerprint density at radius 2 is 2.36 bits per heavy atom. The zero-order valence-electron chi connectivity index (χ0n) is 8.66. The summed E-state index contributed by atoms with van der Waals surface area (Å²) < 4.78 is 0. The average molecular weight is 205 g/mol. The zero-order valence-corrected chi connectivity index (χ0v) is 9.47. The first kappa shape index (κ1) is 9.66. The quantitative estimate of drug-likeness (QED) is 0.716. The predicted molar refractivity (Wildman–Crippen MR) is 63.3 cm³/mol. The monoisotopic (exact) mass is 205 g/mol. The van der Waals surface area contributed by atoms with E-state index in [4.69, 9.17) is 0 Å². The Hall–Kier alpha value is -0.890. The van der Waals surface area contributed by atoms with Gasteiger partial charge in [-0.15, -0.1) is 11.3 Å². The molecule has 1 aliphatic rings. The zero-order chi connectivity index (χ0) is 9.97. The highest BCUT2D eigenvalue weighted by Gasteiger charge is 2.15. The van der Waals surface area contributed by atoms with Crippen LogP contribution in [0.4, 0.5) is 0 Å². The fourth-order valence-electron chi connectivity index (χ4n) is 1.71. The first-order valence-electron chi connectivity index (χ1n) is 5.05. The number of nitrogens with zero attached hydrogens (tertiary/aromatic N) is 1. The van der Waals surface area contributed by atoms with Crippen molar-refractivity contribution in [3.8, 4) is 0 Å². The van der Waals surface area contributed by atoms with Crippen molar-refractivity contribution in [2.45, 2.75) is 20.3 Å². The van der Waals surface area contributed by atoms with E-state index in [9.17, 15) is 0 Å². The normalized spacial score (nSPS) is 15.9. The molecule has 0 saturated carbocycles. The first-order chi connectivity index (χ1) is 6.77. The number of thiophene rings is 1. The topological polar surface area (TPSA) is 12.4 Å². The third-order valence-electron chi connectivity index (χ3n) is 2.27. The molecule has 1 aromatic heterocycles. The van der Waals surface area contributed by atoms with Crippen molar-refractivity contribution < 1.29 is 0 Å². The molecule has 0 spiro atoms. The van der Waals surface area contributed by atoms with Crippen molar-refractivity contribution in [3.63, 3.8) is 0 Å². The second-order valence-electron chi connectivity index (χ2n) is 3.99. The van der Waals surface area contributed by atoms with Gasteiger partial charge >= 0.3 is 0 Å². The van der Waals surface area contributed by atoms with Crippen LogP contribution in [0.5, 0.6) is 0 Å². The summed E-state index contributed by atoms with van der Waals surface area (Å²) in [5, 5.41) is 2.11. The largest absolute Gasteiger partial charge is 0.279 e. The summed E-state index contributed by atoms with van der Waals surface area (Å²) in [4.78, 5) is 5.86. The number of hydrogen-bond acceptors (Lipinski definition) is 2. The van der Waals surface area contributed by atoms with E-state index in [1.807, 2.05) is 0 Å². The van der Waals surface area contributed by atoms with E-state index in [1.54, 1.807) is 11.3 Å². The van der Waals surface area contributed by atoms with Crippen molar-refractivity contribution in [2.24, 2.45) is 10.9 Å². The predicted octanol–water partition coefficient (Wildman–Crippen LogP) is 3.52. The Labute approximate surface area is 89.2 Å². The fourth-order valence-corrected chi connectivity index (χ4v) is 2.48. The molecule has 14 heavy (non-hydrogen) atoms. The highest BCUT2D eigenvalue weighted by molar-refractivity contribution is 7.12. The van der Waals surface area contributed by atoms with E-state index in [1.165, 1.54) is 16.2 Å². The third-order valence-corrected chi connectivity index (χ3v) is 3.15. The molecule has 0 aromatic carbocycles. The highest BCUT2D eigenvalue weighted by Crippen LogP contribution is 2.23. The lowest BCUT2D eigenvalue weighted by Gasteiger charge is -2.07. The van der Waals surface area contributed by atoms with Crippen molar-refractivity contribution in [3.05, 3.63) is 34.0 Å². The van der Waals surface area contributed by atoms with Gasteiger partial charge in [0.15, 0.2) is 0 Å². The second-order valence-corrected chi connectivity index (χ2v) is 4.94. The van der Waals surface area contributed by atoms with Gasteiger partial charge in [-0.3, -0.25) is 4.99 Å². The lowest BCUT2D eigenvalue weighted by molar-refractivity contribution is 0.654. The summed E-state index contributed by atoms with van der Waals surface area (Å²) in [6, 6.07) is 4.25. The molecular formula is C12H15NS. The van der Waals surface area contributed by atoms with E-state index in [0.29, 0.717) is 5.92 Å². The van der Waals surface area contributed by atoms with E-state index >= 15 is 0 Å². The highest BCUT2D eigenvalue weighted by atomic mass is 32.1. The second kappa shape index (κ2) is 4.09. The molecule has 0 fully saturated rings. The summed E-state index contributed by atoms with van der Waals surface area (Å²) >= 11 is 1.78. The minimum atomic E-state index is 0.713. The molecular weight excluding hydrogens is 190 g/mol. The Kier molecular flexibility index (Phi) is 2.82. The van der Waals surface area contributed by atoms with Crippen molar-refractivity contribution in [1.29, 1.82) is 0 Å². The molecule has 1 aliphatic heterocycles. The van der Waals surface area contributed by atoms with Gasteiger partial charge in [-0.2, -0.15) is 0 Å². The van der Waals surface area contributed by atoms with Gasteiger partial charge in [0.05, 0.1) is 17.1 Å². The van der Waals surface area contributed by atoms with Crippen LogP contribution in [0.3, 0.4) is 0 Å². The maximum absolute atomic E-state index is 4.55. The van der Waals surface area contributed by atoms with Gasteiger partial charge in [0.25, 0.3) is 0 Å². The van der Waals surface area contributed by atoms with Crippen LogP contribution in [0.25, 0.3) is 0 Å². The lowest BCUT2D eigenvalue weighted by atomic mass is 9.99. The molecule has 1 nitrogen and oxygen atoms in total. The summed E-state index contributed by atoms with van der Waals surface area (Å²) in [5.74, 6) is 0.713. The van der Waals surface area contributed by atoms with Crippen LogP contribution >= 0.6 is 11.3 Å². The van der Waals surface area contributed by atoms with Crippen LogP contribution in [0, 0.1) is 5.92 Å². The fraction of sp³-hybridized carbons (Fsp3) is 0.417. The average Bonchev–Trinajstić information content (AvgIpc) is 2.70. The van der Waals surface area contributed by atoms with Crippen molar-refractivity contribution in [2.75, 3.05) is 6.54 Å². The van der Waals surface area contributed by atoms with Crippen LogP contribution in [-0.2, 0) is 0 Å². The van der Waals surface area contributed by atoms with E-state index in [-0.39, 0.29) is 0 Å². The summed E-state index contributed by atoms with van der Waals surface area (Å²) in [6.07, 6.45) is 3.41. The molecule has 0 amide bonds. The molecule has 1 aromatic rings. The Morgan fingerprint density at radius 1 is 1.50 bits per heavy atom. The van der Waals surface area contributed by atoms with Crippen molar-refractivity contribution >= 4 is 17.0 Å². The van der Waals surface area contributed by atoms with Gasteiger partial charge in [-0.25, -0.2) is 0 Å². The number of allylic oxidation sites excluding steroid dienone is 1. The molecule has 0 aliphatic carbocycles. The van der Waals surface area contributed by atoms with E-state index < -0.39 is 0 Å². The lowest BCUT2D eigenvalue weighted by Crippen LogP contribution is -2.02. The van der Waals surface area contributed by atoms with Crippen LogP contribution in [0.2, 0.25) is 0 Å². The van der Waals surface area contributed by atoms with Gasteiger partial charge in [-0.05, 0) is 29.4 Å². The number of hydrogen-bond donors (Lipinski definition) is 0. The SMILES string of the molecule is CC(C)CC1=CCN=C1c1cccs1. The minimum absolute atomic E-state index is 0.713. The van der Waals surface area contributed by atoms with Crippen molar-refractivity contribution in [1.82, 2.24) is 0 Å². The smallest absolute Gasteiger partial charge is 0.0779 e. The molecule has 2 heterocycles. The summed E-state index contributed by atoms with van der Waals surface area (Å²) in [7, 11) is 0. The molecule has 0 radical (unpaired) electrons. The molecule has 2 heteroatoms. The van der Waals surface area contributed by atoms with Gasteiger partial charge in [0.2, 0.25) is 0 Å². The number of rotatable bonds is 3. The maximum atomic E-state index is 4.55. The molecule has 0 bridgehead atoms. The molecule has 0 saturated heterocycles. The van der Waals surface area contributed by atoms with Crippen LogP contribution in [0.1, 0.15) is 25.1 Å². The van der Waals surface area contributed by atoms with Gasteiger partial charge < -0.3 is 0 Å². The standard InChI is InChI=1S/C12H15NS/c1-9(2)8-10-5-6-13-12(10)11-4-3-7-14-11/h3-5,7,9H,6,8H2,1-2H3. The van der Waals surface area contributed by atoms with Gasteiger partial charge in [0.1, 0.15) is 0 Å².